The lowest BCUT2D eigenvalue weighted by Crippen LogP contribution is -3.12. The molecule has 0 saturated heterocycles. The van der Waals surface area contributed by atoms with Crippen LogP contribution in [0.2, 0.25) is 0 Å². The molecule has 6 saturated carbocycles. The SMILES string of the molecule is NC(=O)C12C3C4C1C1C2C3C41I. The van der Waals surface area contributed by atoms with Crippen molar-refractivity contribution in [2.24, 2.45) is 46.7 Å². The Labute approximate surface area is 83.4 Å². The highest BCUT2D eigenvalue weighted by atomic mass is 127. The smallest absolute Gasteiger partial charge is 0.224 e. The number of nitrogens with two attached hydrogens (primary N) is 1. The van der Waals surface area contributed by atoms with E-state index in [-0.39, 0.29) is 11.3 Å². The first-order chi connectivity index (χ1) is 5.68. The lowest BCUT2D eigenvalue weighted by atomic mass is 8.96. The van der Waals surface area contributed by atoms with E-state index >= 15 is 0 Å². The predicted molar refractivity (Wildman–Crippen MR) is 49.3 cm³/mol. The summed E-state index contributed by atoms with van der Waals surface area (Å²) in [6.45, 7) is 0. The number of halogens is 1. The van der Waals surface area contributed by atoms with Crippen molar-refractivity contribution in [2.45, 2.75) is 3.42 Å². The van der Waals surface area contributed by atoms with Gasteiger partial charge in [0.2, 0.25) is 5.91 Å². The molecule has 2 nitrogen and oxygen atoms in total. The number of carbonyl (C=O) groups excluding carboxylic acids is 1. The highest BCUT2D eigenvalue weighted by molar-refractivity contribution is 14.1. The first kappa shape index (κ1) is 5.83. The molecule has 1 amide bonds. The van der Waals surface area contributed by atoms with Crippen LogP contribution < -0.4 is 5.73 Å². The summed E-state index contributed by atoms with van der Waals surface area (Å²) in [5, 5.41) is 0. The first-order valence-corrected chi connectivity index (χ1v) is 5.74. The maximum Gasteiger partial charge on any atom is 0.224 e. The molecule has 0 aromatic heterocycles. The van der Waals surface area contributed by atoms with Crippen LogP contribution in [-0.4, -0.2) is 9.33 Å². The zero-order valence-electron chi connectivity index (χ0n) is 6.33. The molecule has 0 aromatic rings. The van der Waals surface area contributed by atoms with Crippen LogP contribution in [0.1, 0.15) is 0 Å². The Morgan fingerprint density at radius 2 is 1.50 bits per heavy atom. The van der Waals surface area contributed by atoms with Gasteiger partial charge < -0.3 is 5.73 Å². The minimum Gasteiger partial charge on any atom is -0.369 e. The third-order valence-electron chi connectivity index (χ3n) is 5.94. The monoisotopic (exact) mass is 273 g/mol. The van der Waals surface area contributed by atoms with E-state index < -0.39 is 0 Å². The third kappa shape index (κ3) is 0.197. The van der Waals surface area contributed by atoms with E-state index in [1.807, 2.05) is 0 Å². The van der Waals surface area contributed by atoms with Crippen LogP contribution in [0.15, 0.2) is 0 Å². The molecule has 2 N–H and O–H groups in total. The summed E-state index contributed by atoms with van der Waals surface area (Å²) in [5.74, 6) is 5.07. The Morgan fingerprint density at radius 1 is 1.08 bits per heavy atom. The fraction of sp³-hybridized carbons (Fsp3) is 0.889. The van der Waals surface area contributed by atoms with E-state index in [1.165, 1.54) is 0 Å². The summed E-state index contributed by atoms with van der Waals surface area (Å²) in [6, 6.07) is 0. The van der Waals surface area contributed by atoms with Gasteiger partial charge in [-0.1, -0.05) is 22.6 Å². The second-order valence-electron chi connectivity index (χ2n) is 5.28. The highest BCUT2D eigenvalue weighted by Crippen LogP contribution is 3.08. The number of primary amides is 1. The summed E-state index contributed by atoms with van der Waals surface area (Å²) in [6.07, 6.45) is 0. The molecule has 0 bridgehead atoms. The average Bonchev–Trinajstić information content (AvgIpc) is 2.04. The molecule has 6 fully saturated rings. The van der Waals surface area contributed by atoms with Gasteiger partial charge in [-0.25, -0.2) is 0 Å². The number of hydrogen-bond donors (Lipinski definition) is 1. The van der Waals surface area contributed by atoms with Crippen LogP contribution in [0.3, 0.4) is 0 Å². The minimum absolute atomic E-state index is 0.0319. The second kappa shape index (κ2) is 1.06. The van der Waals surface area contributed by atoms with E-state index in [2.05, 4.69) is 22.6 Å². The summed E-state index contributed by atoms with van der Waals surface area (Å²) >= 11 is 2.66. The van der Waals surface area contributed by atoms with Crippen molar-refractivity contribution in [3.8, 4) is 0 Å². The molecule has 12 heavy (non-hydrogen) atoms. The average molecular weight is 273 g/mol. The molecule has 62 valence electrons. The summed E-state index contributed by atoms with van der Waals surface area (Å²) in [5.41, 5.74) is 5.57. The van der Waals surface area contributed by atoms with Crippen molar-refractivity contribution in [2.75, 3.05) is 0 Å². The fourth-order valence-corrected chi connectivity index (χ4v) is 8.21. The highest BCUT2D eigenvalue weighted by Gasteiger charge is 3.10. The molecule has 0 spiro atoms. The molecule has 0 aliphatic heterocycles. The van der Waals surface area contributed by atoms with Crippen LogP contribution >= 0.6 is 22.6 Å². The normalized spacial score (nSPS) is 88.1. The molecule has 0 radical (unpaired) electrons. The van der Waals surface area contributed by atoms with Gasteiger partial charge in [0.1, 0.15) is 0 Å². The number of rotatable bonds is 1. The van der Waals surface area contributed by atoms with Crippen LogP contribution in [0.5, 0.6) is 0 Å². The standard InChI is InChI=1S/C9H8INO/c10-9-4-1-5(9)3-6(9)2(4)8(1,3)7(11)12/h1-6H,(H2,11,12). The Balaban J connectivity index is 1.75. The quantitative estimate of drug-likeness (QED) is 0.545. The second-order valence-corrected chi connectivity index (χ2v) is 7.15. The molecule has 6 aliphatic rings. The molecule has 0 aromatic carbocycles. The number of alkyl halides is 1. The number of amides is 1. The van der Waals surface area contributed by atoms with Gasteiger partial charge in [-0.3, -0.25) is 4.79 Å². The summed E-state index contributed by atoms with van der Waals surface area (Å²) in [4.78, 5) is 11.3. The molecule has 0 atom stereocenters. The van der Waals surface area contributed by atoms with Gasteiger partial charge in [-0.05, 0) is 35.5 Å². The molecular formula is C9H8INO. The van der Waals surface area contributed by atoms with E-state index in [0.29, 0.717) is 3.42 Å². The first-order valence-electron chi connectivity index (χ1n) is 4.66. The summed E-state index contributed by atoms with van der Waals surface area (Å²) < 4.78 is 0.689. The molecule has 6 rings (SSSR count). The Hall–Kier alpha value is 0.200. The summed E-state index contributed by atoms with van der Waals surface area (Å²) in [7, 11) is 0. The molecular weight excluding hydrogens is 265 g/mol. The van der Waals surface area contributed by atoms with Crippen LogP contribution in [0.4, 0.5) is 0 Å². The van der Waals surface area contributed by atoms with Gasteiger partial charge in [0, 0.05) is 3.42 Å². The topological polar surface area (TPSA) is 43.1 Å². The number of hydrogen-bond acceptors (Lipinski definition) is 1. The maximum atomic E-state index is 11.3. The zero-order chi connectivity index (χ0) is 8.04. The maximum absolute atomic E-state index is 11.3. The third-order valence-corrected chi connectivity index (χ3v) is 8.09. The van der Waals surface area contributed by atoms with E-state index in [4.69, 9.17) is 5.73 Å². The zero-order valence-corrected chi connectivity index (χ0v) is 8.49. The lowest BCUT2D eigenvalue weighted by Gasteiger charge is -3.09. The van der Waals surface area contributed by atoms with Gasteiger partial charge in [0.25, 0.3) is 0 Å². The van der Waals surface area contributed by atoms with Crippen molar-refractivity contribution in [1.29, 1.82) is 0 Å². The minimum atomic E-state index is 0.0319. The lowest BCUT2D eigenvalue weighted by molar-refractivity contribution is -0.570. The van der Waals surface area contributed by atoms with Gasteiger partial charge in [0.05, 0.1) is 5.41 Å². The molecule has 0 unspecified atom stereocenters. The van der Waals surface area contributed by atoms with Crippen molar-refractivity contribution in [3.05, 3.63) is 0 Å². The van der Waals surface area contributed by atoms with E-state index in [1.54, 1.807) is 0 Å². The van der Waals surface area contributed by atoms with Crippen molar-refractivity contribution >= 4 is 28.5 Å². The van der Waals surface area contributed by atoms with Crippen LogP contribution in [0.25, 0.3) is 0 Å². The van der Waals surface area contributed by atoms with Crippen LogP contribution in [0, 0.1) is 40.9 Å². The number of carbonyl (C=O) groups is 1. The Bertz CT molecular complexity index is 323. The van der Waals surface area contributed by atoms with Gasteiger partial charge in [-0.2, -0.15) is 0 Å². The molecule has 0 heterocycles. The van der Waals surface area contributed by atoms with Crippen molar-refractivity contribution in [1.82, 2.24) is 0 Å². The Kier molecular flexibility index (Phi) is 0.514. The van der Waals surface area contributed by atoms with Crippen LogP contribution in [-0.2, 0) is 4.79 Å². The van der Waals surface area contributed by atoms with Gasteiger partial charge in [-0.15, -0.1) is 0 Å². The molecule has 6 aliphatic carbocycles. The van der Waals surface area contributed by atoms with E-state index in [9.17, 15) is 4.79 Å². The van der Waals surface area contributed by atoms with E-state index in [0.717, 1.165) is 35.5 Å². The predicted octanol–water partition coefficient (Wildman–Crippen LogP) is 0.397. The fourth-order valence-electron chi connectivity index (χ4n) is 5.89. The largest absolute Gasteiger partial charge is 0.369 e. The van der Waals surface area contributed by atoms with Gasteiger partial charge in [0.15, 0.2) is 0 Å². The van der Waals surface area contributed by atoms with Crippen molar-refractivity contribution in [3.63, 3.8) is 0 Å². The van der Waals surface area contributed by atoms with Crippen molar-refractivity contribution < 1.29 is 4.79 Å². The molecule has 3 heteroatoms. The Morgan fingerprint density at radius 3 is 1.83 bits per heavy atom. The van der Waals surface area contributed by atoms with Gasteiger partial charge >= 0.3 is 0 Å².